The van der Waals surface area contributed by atoms with Gasteiger partial charge in [-0.2, -0.15) is 0 Å². The van der Waals surface area contributed by atoms with Gasteiger partial charge in [0.1, 0.15) is 11.4 Å². The molecule has 19 heavy (non-hydrogen) atoms. The van der Waals surface area contributed by atoms with Gasteiger partial charge in [-0.15, -0.1) is 0 Å². The van der Waals surface area contributed by atoms with Crippen molar-refractivity contribution in [3.63, 3.8) is 0 Å². The number of aliphatic hydroxyl groups is 1. The van der Waals surface area contributed by atoms with E-state index >= 15 is 0 Å². The maximum absolute atomic E-state index is 12.1. The number of rotatable bonds is 0. The van der Waals surface area contributed by atoms with Crippen molar-refractivity contribution < 1.29 is 19.4 Å². The van der Waals surface area contributed by atoms with Crippen molar-refractivity contribution in [1.29, 1.82) is 0 Å². The van der Waals surface area contributed by atoms with Crippen molar-refractivity contribution in [2.45, 2.75) is 25.6 Å². The third-order valence-electron chi connectivity index (χ3n) is 3.74. The smallest absolute Gasteiger partial charge is 0.229 e. The first-order valence-corrected chi connectivity index (χ1v) is 6.18. The number of fused-ring (bicyclic) bond motifs is 3. The lowest BCUT2D eigenvalue weighted by Gasteiger charge is -2.40. The monoisotopic (exact) mass is 258 g/mol. The van der Waals surface area contributed by atoms with Crippen molar-refractivity contribution in [1.82, 2.24) is 0 Å². The molecule has 0 saturated heterocycles. The standard InChI is InChI=1S/C15H14O4/c1-15(2)11(16)7-10-13(18)12(17)8-5-3-4-6-9(8)14(10)19-15/h3-7,10,14,16H,1-2H3. The highest BCUT2D eigenvalue weighted by atomic mass is 16.5. The Morgan fingerprint density at radius 1 is 1.21 bits per heavy atom. The Balaban J connectivity index is 2.19. The van der Waals surface area contributed by atoms with Gasteiger partial charge in [-0.25, -0.2) is 0 Å². The van der Waals surface area contributed by atoms with Crippen LogP contribution in [0.5, 0.6) is 0 Å². The molecular formula is C15H14O4. The van der Waals surface area contributed by atoms with Gasteiger partial charge in [0.2, 0.25) is 11.6 Å². The summed E-state index contributed by atoms with van der Waals surface area (Å²) in [6.45, 7) is 3.47. The summed E-state index contributed by atoms with van der Waals surface area (Å²) in [7, 11) is 0. The van der Waals surface area contributed by atoms with Crippen LogP contribution in [0.2, 0.25) is 0 Å². The number of hydrogen-bond acceptors (Lipinski definition) is 4. The van der Waals surface area contributed by atoms with Crippen LogP contribution in [-0.4, -0.2) is 22.3 Å². The first kappa shape index (κ1) is 12.1. The van der Waals surface area contributed by atoms with Crippen molar-refractivity contribution >= 4 is 11.6 Å². The molecule has 0 amide bonds. The molecule has 0 fully saturated rings. The van der Waals surface area contributed by atoms with E-state index < -0.39 is 29.2 Å². The normalized spacial score (nSPS) is 28.4. The van der Waals surface area contributed by atoms with E-state index in [0.29, 0.717) is 11.1 Å². The molecule has 1 aliphatic carbocycles. The van der Waals surface area contributed by atoms with Gasteiger partial charge in [0.15, 0.2) is 0 Å². The van der Waals surface area contributed by atoms with Gasteiger partial charge in [-0.3, -0.25) is 9.59 Å². The summed E-state index contributed by atoms with van der Waals surface area (Å²) in [5, 5.41) is 9.90. The third kappa shape index (κ3) is 1.64. The lowest BCUT2D eigenvalue weighted by Crippen LogP contribution is -2.44. The Kier molecular flexibility index (Phi) is 2.41. The fraction of sp³-hybridized carbons (Fsp3) is 0.333. The summed E-state index contributed by atoms with van der Waals surface area (Å²) in [5.74, 6) is -1.76. The number of hydrogen-bond donors (Lipinski definition) is 1. The number of carbonyl (C=O) groups excluding carboxylic acids is 2. The average molecular weight is 258 g/mol. The second-order valence-electron chi connectivity index (χ2n) is 5.41. The Labute approximate surface area is 110 Å². The van der Waals surface area contributed by atoms with E-state index in [1.54, 1.807) is 32.0 Å². The molecule has 98 valence electrons. The zero-order chi connectivity index (χ0) is 13.8. The van der Waals surface area contributed by atoms with Gasteiger partial charge < -0.3 is 9.84 Å². The predicted octanol–water partition coefficient (Wildman–Crippen LogP) is 2.36. The molecule has 3 rings (SSSR count). The molecule has 4 nitrogen and oxygen atoms in total. The Morgan fingerprint density at radius 3 is 2.63 bits per heavy atom. The average Bonchev–Trinajstić information content (AvgIpc) is 2.38. The van der Waals surface area contributed by atoms with Crippen LogP contribution in [0.15, 0.2) is 36.1 Å². The lowest BCUT2D eigenvalue weighted by atomic mass is 9.77. The van der Waals surface area contributed by atoms with E-state index in [9.17, 15) is 14.7 Å². The summed E-state index contributed by atoms with van der Waals surface area (Å²) in [6, 6.07) is 6.98. The molecule has 4 heteroatoms. The highest BCUT2D eigenvalue weighted by Crippen LogP contribution is 2.43. The van der Waals surface area contributed by atoms with E-state index in [0.717, 1.165) is 0 Å². The second kappa shape index (κ2) is 3.78. The van der Waals surface area contributed by atoms with Crippen molar-refractivity contribution in [2.75, 3.05) is 0 Å². The molecule has 0 aromatic heterocycles. The Hall–Kier alpha value is -1.94. The summed E-state index contributed by atoms with van der Waals surface area (Å²) < 4.78 is 5.84. The fourth-order valence-electron chi connectivity index (χ4n) is 2.62. The van der Waals surface area contributed by atoms with Gasteiger partial charge in [0.05, 0.1) is 12.0 Å². The number of ether oxygens (including phenoxy) is 1. The van der Waals surface area contributed by atoms with Gasteiger partial charge in [-0.1, -0.05) is 24.3 Å². The minimum Gasteiger partial charge on any atom is -0.510 e. The SMILES string of the molecule is CC1(C)OC2c3ccccc3C(=O)C(=O)C2C=C1O. The van der Waals surface area contributed by atoms with Gasteiger partial charge in [0, 0.05) is 5.56 Å². The molecule has 2 atom stereocenters. The Bertz CT molecular complexity index is 612. The van der Waals surface area contributed by atoms with Crippen molar-refractivity contribution in [3.05, 3.63) is 47.2 Å². The van der Waals surface area contributed by atoms with E-state index in [1.807, 2.05) is 6.07 Å². The molecule has 0 radical (unpaired) electrons. The molecule has 0 bridgehead atoms. The van der Waals surface area contributed by atoms with E-state index in [2.05, 4.69) is 0 Å². The molecule has 1 heterocycles. The van der Waals surface area contributed by atoms with Gasteiger partial charge in [0.25, 0.3) is 0 Å². The molecular weight excluding hydrogens is 244 g/mol. The van der Waals surface area contributed by atoms with Crippen molar-refractivity contribution in [3.8, 4) is 0 Å². The third-order valence-corrected chi connectivity index (χ3v) is 3.74. The van der Waals surface area contributed by atoms with Gasteiger partial charge in [-0.05, 0) is 25.5 Å². The summed E-state index contributed by atoms with van der Waals surface area (Å²) in [6.07, 6.45) is 0.942. The number of benzene rings is 1. The quantitative estimate of drug-likeness (QED) is 0.725. The minimum absolute atomic E-state index is 0.00530. The van der Waals surface area contributed by atoms with Crippen LogP contribution in [-0.2, 0) is 9.53 Å². The second-order valence-corrected chi connectivity index (χ2v) is 5.41. The van der Waals surface area contributed by atoms with Crippen LogP contribution >= 0.6 is 0 Å². The molecule has 1 aromatic rings. The molecule has 1 aromatic carbocycles. The topological polar surface area (TPSA) is 63.6 Å². The maximum atomic E-state index is 12.1. The zero-order valence-electron chi connectivity index (χ0n) is 10.7. The molecule has 0 spiro atoms. The highest BCUT2D eigenvalue weighted by molar-refractivity contribution is 6.46. The lowest BCUT2D eigenvalue weighted by molar-refractivity contribution is -0.136. The first-order chi connectivity index (χ1) is 8.92. The van der Waals surface area contributed by atoms with Crippen LogP contribution in [0.3, 0.4) is 0 Å². The molecule has 1 N–H and O–H groups in total. The Morgan fingerprint density at radius 2 is 1.89 bits per heavy atom. The van der Waals surface area contributed by atoms with Gasteiger partial charge >= 0.3 is 0 Å². The minimum atomic E-state index is -0.852. The van der Waals surface area contributed by atoms with E-state index in [4.69, 9.17) is 4.74 Å². The summed E-state index contributed by atoms with van der Waals surface area (Å²) >= 11 is 0. The molecule has 2 unspecified atom stereocenters. The number of carbonyl (C=O) groups is 2. The molecule has 2 aliphatic rings. The fourth-order valence-corrected chi connectivity index (χ4v) is 2.62. The maximum Gasteiger partial charge on any atom is 0.229 e. The van der Waals surface area contributed by atoms with E-state index in [1.165, 1.54) is 6.08 Å². The zero-order valence-corrected chi connectivity index (χ0v) is 10.7. The number of ketones is 2. The highest BCUT2D eigenvalue weighted by Gasteiger charge is 2.47. The molecule has 0 saturated carbocycles. The number of aliphatic hydroxyl groups excluding tert-OH is 1. The van der Waals surface area contributed by atoms with E-state index in [-0.39, 0.29) is 5.76 Å². The van der Waals surface area contributed by atoms with Crippen LogP contribution in [0.4, 0.5) is 0 Å². The van der Waals surface area contributed by atoms with Crippen LogP contribution in [0, 0.1) is 5.92 Å². The predicted molar refractivity (Wildman–Crippen MR) is 67.9 cm³/mol. The summed E-state index contributed by atoms with van der Waals surface area (Å²) in [5.41, 5.74) is 0.267. The molecule has 1 aliphatic heterocycles. The van der Waals surface area contributed by atoms with Crippen LogP contribution in [0.1, 0.15) is 35.9 Å². The largest absolute Gasteiger partial charge is 0.510 e. The van der Waals surface area contributed by atoms with Crippen molar-refractivity contribution in [2.24, 2.45) is 5.92 Å². The van der Waals surface area contributed by atoms with Crippen LogP contribution < -0.4 is 0 Å². The first-order valence-electron chi connectivity index (χ1n) is 6.18. The van der Waals surface area contributed by atoms with Crippen LogP contribution in [0.25, 0.3) is 0 Å². The summed E-state index contributed by atoms with van der Waals surface area (Å²) in [4.78, 5) is 24.1. The number of Topliss-reactive ketones (excluding diaryl/α,β-unsaturated/α-hetero) is 2.